The molecular formula is C13H12O5. The Morgan fingerprint density at radius 2 is 2.17 bits per heavy atom. The Morgan fingerprint density at radius 1 is 1.39 bits per heavy atom. The first kappa shape index (κ1) is 12.2. The minimum atomic E-state index is -1.05. The van der Waals surface area contributed by atoms with E-state index in [4.69, 9.17) is 14.3 Å². The number of ether oxygens (including phenoxy) is 1. The van der Waals surface area contributed by atoms with Gasteiger partial charge in [-0.1, -0.05) is 6.92 Å². The summed E-state index contributed by atoms with van der Waals surface area (Å²) in [5, 5.41) is 9.38. The van der Waals surface area contributed by atoms with Gasteiger partial charge in [0.2, 0.25) is 0 Å². The van der Waals surface area contributed by atoms with Crippen LogP contribution in [0.1, 0.15) is 12.5 Å². The molecule has 0 aliphatic heterocycles. The van der Waals surface area contributed by atoms with Crippen molar-refractivity contribution in [3.05, 3.63) is 40.2 Å². The maximum absolute atomic E-state index is 11.1. The second-order valence-electron chi connectivity index (χ2n) is 3.79. The molecule has 0 unspecified atom stereocenters. The summed E-state index contributed by atoms with van der Waals surface area (Å²) in [4.78, 5) is 21.6. The Balaban J connectivity index is 2.49. The molecule has 0 radical (unpaired) electrons. The standard InChI is InChI=1S/C13H12O5/c1-2-8-5-9-3-4-13(16)18-11(9)6-10(8)17-7-12(14)15/h3-6H,2,7H2,1H3,(H,14,15). The van der Waals surface area contributed by atoms with Gasteiger partial charge in [-0.2, -0.15) is 0 Å². The van der Waals surface area contributed by atoms with Gasteiger partial charge < -0.3 is 14.3 Å². The minimum absolute atomic E-state index is 0.389. The zero-order valence-electron chi connectivity index (χ0n) is 9.80. The predicted octanol–water partition coefficient (Wildman–Crippen LogP) is 1.82. The summed E-state index contributed by atoms with van der Waals surface area (Å²) in [6, 6.07) is 6.40. The Bertz CT molecular complexity index is 641. The fourth-order valence-electron chi connectivity index (χ4n) is 1.69. The normalized spacial score (nSPS) is 10.5. The summed E-state index contributed by atoms with van der Waals surface area (Å²) in [5.41, 5.74) is 0.814. The third-order valence-electron chi connectivity index (χ3n) is 2.53. The monoisotopic (exact) mass is 248 g/mol. The second-order valence-corrected chi connectivity index (χ2v) is 3.79. The van der Waals surface area contributed by atoms with Crippen LogP contribution < -0.4 is 10.4 Å². The Kier molecular flexibility index (Phi) is 3.32. The molecule has 94 valence electrons. The summed E-state index contributed by atoms with van der Waals surface area (Å²) < 4.78 is 10.2. The molecule has 0 aliphatic rings. The van der Waals surface area contributed by atoms with Gasteiger partial charge in [-0.25, -0.2) is 9.59 Å². The van der Waals surface area contributed by atoms with Crippen molar-refractivity contribution in [3.8, 4) is 5.75 Å². The first-order chi connectivity index (χ1) is 8.60. The molecule has 0 saturated heterocycles. The number of hydrogen-bond donors (Lipinski definition) is 1. The van der Waals surface area contributed by atoms with E-state index >= 15 is 0 Å². The first-order valence-corrected chi connectivity index (χ1v) is 5.51. The largest absolute Gasteiger partial charge is 0.481 e. The van der Waals surface area contributed by atoms with Crippen LogP contribution in [0.25, 0.3) is 11.0 Å². The molecule has 0 atom stereocenters. The van der Waals surface area contributed by atoms with Crippen molar-refractivity contribution in [1.29, 1.82) is 0 Å². The molecule has 18 heavy (non-hydrogen) atoms. The molecule has 0 spiro atoms. The smallest absolute Gasteiger partial charge is 0.341 e. The Hall–Kier alpha value is -2.30. The van der Waals surface area contributed by atoms with Crippen LogP contribution in [0.2, 0.25) is 0 Å². The lowest BCUT2D eigenvalue weighted by molar-refractivity contribution is -0.139. The van der Waals surface area contributed by atoms with E-state index in [1.165, 1.54) is 6.07 Å². The van der Waals surface area contributed by atoms with Crippen LogP contribution in [-0.4, -0.2) is 17.7 Å². The number of carboxylic acid groups (broad SMARTS) is 1. The van der Waals surface area contributed by atoms with Crippen LogP contribution in [0, 0.1) is 0 Å². The van der Waals surface area contributed by atoms with Gasteiger partial charge >= 0.3 is 11.6 Å². The Morgan fingerprint density at radius 3 is 2.83 bits per heavy atom. The van der Waals surface area contributed by atoms with Crippen molar-refractivity contribution >= 4 is 16.9 Å². The topological polar surface area (TPSA) is 76.7 Å². The van der Waals surface area contributed by atoms with Crippen LogP contribution in [0.3, 0.4) is 0 Å². The third kappa shape index (κ3) is 2.51. The number of fused-ring (bicyclic) bond motifs is 1. The second kappa shape index (κ2) is 4.91. The molecule has 0 aliphatic carbocycles. The van der Waals surface area contributed by atoms with E-state index < -0.39 is 18.2 Å². The van der Waals surface area contributed by atoms with Gasteiger partial charge in [0, 0.05) is 17.5 Å². The highest BCUT2D eigenvalue weighted by molar-refractivity contribution is 5.79. The quantitative estimate of drug-likeness (QED) is 0.835. The number of rotatable bonds is 4. The lowest BCUT2D eigenvalue weighted by Gasteiger charge is -2.09. The highest BCUT2D eigenvalue weighted by Crippen LogP contribution is 2.25. The van der Waals surface area contributed by atoms with Crippen LogP contribution >= 0.6 is 0 Å². The fraction of sp³-hybridized carbons (Fsp3) is 0.231. The first-order valence-electron chi connectivity index (χ1n) is 5.51. The van der Waals surface area contributed by atoms with Crippen molar-refractivity contribution in [1.82, 2.24) is 0 Å². The van der Waals surface area contributed by atoms with Crippen LogP contribution in [0.5, 0.6) is 5.75 Å². The third-order valence-corrected chi connectivity index (χ3v) is 2.53. The van der Waals surface area contributed by atoms with Gasteiger partial charge in [-0.05, 0) is 24.1 Å². The van der Waals surface area contributed by atoms with Crippen LogP contribution in [0.4, 0.5) is 0 Å². The molecule has 0 bridgehead atoms. The fourth-order valence-corrected chi connectivity index (χ4v) is 1.69. The van der Waals surface area contributed by atoms with Crippen molar-refractivity contribution < 1.29 is 19.1 Å². The van der Waals surface area contributed by atoms with Gasteiger partial charge in [-0.15, -0.1) is 0 Å². The molecule has 1 aromatic heterocycles. The maximum atomic E-state index is 11.1. The molecule has 2 rings (SSSR count). The van der Waals surface area contributed by atoms with Crippen LogP contribution in [0.15, 0.2) is 33.5 Å². The van der Waals surface area contributed by atoms with Gasteiger partial charge in [0.15, 0.2) is 6.61 Å². The van der Waals surface area contributed by atoms with Crippen molar-refractivity contribution in [3.63, 3.8) is 0 Å². The molecule has 1 N–H and O–H groups in total. The molecule has 2 aromatic rings. The van der Waals surface area contributed by atoms with E-state index in [-0.39, 0.29) is 0 Å². The molecule has 1 heterocycles. The van der Waals surface area contributed by atoms with Crippen molar-refractivity contribution in [2.45, 2.75) is 13.3 Å². The number of aryl methyl sites for hydroxylation is 1. The maximum Gasteiger partial charge on any atom is 0.341 e. The van der Waals surface area contributed by atoms with Gasteiger partial charge in [0.25, 0.3) is 0 Å². The number of hydrogen-bond acceptors (Lipinski definition) is 4. The molecule has 0 amide bonds. The predicted molar refractivity (Wildman–Crippen MR) is 65.0 cm³/mol. The average Bonchev–Trinajstić information content (AvgIpc) is 2.35. The average molecular weight is 248 g/mol. The zero-order chi connectivity index (χ0) is 13.1. The van der Waals surface area contributed by atoms with Gasteiger partial charge in [-0.3, -0.25) is 0 Å². The van der Waals surface area contributed by atoms with Crippen LogP contribution in [-0.2, 0) is 11.2 Å². The van der Waals surface area contributed by atoms with E-state index in [0.29, 0.717) is 17.8 Å². The molecule has 1 aromatic carbocycles. The van der Waals surface area contributed by atoms with Gasteiger partial charge in [0.05, 0.1) is 0 Å². The lowest BCUT2D eigenvalue weighted by atomic mass is 10.1. The highest BCUT2D eigenvalue weighted by Gasteiger charge is 2.08. The van der Waals surface area contributed by atoms with E-state index in [0.717, 1.165) is 10.9 Å². The highest BCUT2D eigenvalue weighted by atomic mass is 16.5. The number of carboxylic acids is 1. The number of benzene rings is 1. The van der Waals surface area contributed by atoms with Crippen molar-refractivity contribution in [2.75, 3.05) is 6.61 Å². The minimum Gasteiger partial charge on any atom is -0.481 e. The SMILES string of the molecule is CCc1cc2ccc(=O)oc2cc1OCC(=O)O. The Labute approximate surface area is 103 Å². The summed E-state index contributed by atoms with van der Waals surface area (Å²) >= 11 is 0. The molecule has 0 saturated carbocycles. The number of aliphatic carboxylic acids is 1. The summed E-state index contributed by atoms with van der Waals surface area (Å²) in [7, 11) is 0. The molecule has 5 heteroatoms. The lowest BCUT2D eigenvalue weighted by Crippen LogP contribution is -2.10. The summed E-state index contributed by atoms with van der Waals surface area (Å²) in [6.45, 7) is 1.52. The van der Waals surface area contributed by atoms with E-state index in [1.807, 2.05) is 13.0 Å². The van der Waals surface area contributed by atoms with Gasteiger partial charge in [0.1, 0.15) is 11.3 Å². The van der Waals surface area contributed by atoms with E-state index in [1.54, 1.807) is 12.1 Å². The van der Waals surface area contributed by atoms with E-state index in [9.17, 15) is 9.59 Å². The zero-order valence-corrected chi connectivity index (χ0v) is 9.80. The molecule has 0 fully saturated rings. The van der Waals surface area contributed by atoms with E-state index in [2.05, 4.69) is 0 Å². The number of carbonyl (C=O) groups is 1. The van der Waals surface area contributed by atoms with Crippen molar-refractivity contribution in [2.24, 2.45) is 0 Å². The summed E-state index contributed by atoms with van der Waals surface area (Å²) in [5.74, 6) is -0.617. The molecular weight excluding hydrogens is 236 g/mol. The molecule has 5 nitrogen and oxygen atoms in total. The summed E-state index contributed by atoms with van der Waals surface area (Å²) in [6.07, 6.45) is 0.698.